The highest BCUT2D eigenvalue weighted by molar-refractivity contribution is 5.72. The highest BCUT2D eigenvalue weighted by Crippen LogP contribution is 2.21. The predicted octanol–water partition coefficient (Wildman–Crippen LogP) is 4.08. The van der Waals surface area contributed by atoms with Crippen LogP contribution >= 0.6 is 0 Å². The molecule has 0 saturated heterocycles. The van der Waals surface area contributed by atoms with Crippen LogP contribution in [0.25, 0.3) is 11.1 Å². The van der Waals surface area contributed by atoms with E-state index < -0.39 is 0 Å². The Kier molecular flexibility index (Phi) is 3.18. The summed E-state index contributed by atoms with van der Waals surface area (Å²) in [5, 5.41) is 0. The fourth-order valence-corrected chi connectivity index (χ4v) is 2.45. The van der Waals surface area contributed by atoms with Gasteiger partial charge in [-0.25, -0.2) is 4.98 Å². The molecule has 0 aliphatic heterocycles. The molecule has 0 aliphatic carbocycles. The fourth-order valence-electron chi connectivity index (χ4n) is 2.45. The molecule has 0 aliphatic rings. The van der Waals surface area contributed by atoms with Gasteiger partial charge in [0.05, 0.1) is 6.54 Å². The van der Waals surface area contributed by atoms with Crippen LogP contribution in [0, 0.1) is 13.8 Å². The van der Waals surface area contributed by atoms with Crippen molar-refractivity contribution in [2.45, 2.75) is 20.4 Å². The van der Waals surface area contributed by atoms with E-state index in [1.165, 1.54) is 16.8 Å². The zero-order chi connectivity index (χ0) is 14.1. The van der Waals surface area contributed by atoms with Crippen molar-refractivity contribution in [3.05, 3.63) is 59.5 Å². The van der Waals surface area contributed by atoms with E-state index in [0.29, 0.717) is 6.54 Å². The molecule has 0 unspecified atom stereocenters. The fraction of sp³-hybridized carbons (Fsp3) is 0.235. The van der Waals surface area contributed by atoms with Crippen LogP contribution in [0.2, 0.25) is 0 Å². The van der Waals surface area contributed by atoms with Gasteiger partial charge >= 0.3 is 0 Å². The minimum atomic E-state index is 0.664. The molecule has 0 fully saturated rings. The Morgan fingerprint density at radius 1 is 1.05 bits per heavy atom. The normalized spacial score (nSPS) is 10.9. The van der Waals surface area contributed by atoms with E-state index in [1.54, 1.807) is 0 Å². The van der Waals surface area contributed by atoms with Crippen LogP contribution in [-0.2, 0) is 6.54 Å². The number of nitrogens with zero attached hydrogens (tertiary/aromatic N) is 2. The molecule has 3 aromatic rings. The standard InChI is InChI=1S/C17H18N2O/c1-12-8-13(2)10-14(9-12)19(3)11-17-18-15-6-4-5-7-16(15)20-17/h4-10H,11H2,1-3H3. The van der Waals surface area contributed by atoms with Gasteiger partial charge in [-0.1, -0.05) is 18.2 Å². The molecule has 3 nitrogen and oxygen atoms in total. The van der Waals surface area contributed by atoms with Crippen LogP contribution in [0.5, 0.6) is 0 Å². The van der Waals surface area contributed by atoms with Crippen LogP contribution in [0.3, 0.4) is 0 Å². The Hall–Kier alpha value is -2.29. The molecular formula is C17H18N2O. The molecule has 0 atom stereocenters. The molecule has 1 heterocycles. The predicted molar refractivity (Wildman–Crippen MR) is 82.0 cm³/mol. The number of anilines is 1. The van der Waals surface area contributed by atoms with Gasteiger partial charge in [0.1, 0.15) is 5.52 Å². The van der Waals surface area contributed by atoms with Gasteiger partial charge in [-0.3, -0.25) is 0 Å². The van der Waals surface area contributed by atoms with Gasteiger partial charge in [0.2, 0.25) is 5.89 Å². The van der Waals surface area contributed by atoms with Gasteiger partial charge in [-0.05, 0) is 49.2 Å². The average Bonchev–Trinajstić information content (AvgIpc) is 2.79. The maximum absolute atomic E-state index is 5.77. The minimum absolute atomic E-state index is 0.664. The first-order valence-electron chi connectivity index (χ1n) is 6.76. The van der Waals surface area contributed by atoms with Crippen molar-refractivity contribution in [1.29, 1.82) is 0 Å². The summed E-state index contributed by atoms with van der Waals surface area (Å²) in [6.07, 6.45) is 0. The van der Waals surface area contributed by atoms with E-state index in [9.17, 15) is 0 Å². The molecule has 3 heteroatoms. The number of benzene rings is 2. The molecule has 0 bridgehead atoms. The van der Waals surface area contributed by atoms with Gasteiger partial charge < -0.3 is 9.32 Å². The van der Waals surface area contributed by atoms with Gasteiger partial charge in [0.15, 0.2) is 5.58 Å². The van der Waals surface area contributed by atoms with Crippen LogP contribution in [0.15, 0.2) is 46.9 Å². The van der Waals surface area contributed by atoms with Crippen molar-refractivity contribution in [3.63, 3.8) is 0 Å². The van der Waals surface area contributed by atoms with Crippen LogP contribution in [-0.4, -0.2) is 12.0 Å². The minimum Gasteiger partial charge on any atom is -0.439 e. The molecule has 3 rings (SSSR count). The summed E-state index contributed by atoms with van der Waals surface area (Å²) in [6.45, 7) is 4.89. The van der Waals surface area contributed by atoms with Crippen molar-refractivity contribution in [2.75, 3.05) is 11.9 Å². The smallest absolute Gasteiger partial charge is 0.215 e. The molecule has 0 radical (unpaired) electrons. The highest BCUT2D eigenvalue weighted by Gasteiger charge is 2.09. The number of fused-ring (bicyclic) bond motifs is 1. The third kappa shape index (κ3) is 2.52. The molecule has 102 valence electrons. The number of oxazole rings is 1. The highest BCUT2D eigenvalue weighted by atomic mass is 16.3. The monoisotopic (exact) mass is 266 g/mol. The topological polar surface area (TPSA) is 29.3 Å². The van der Waals surface area contributed by atoms with Gasteiger partial charge in [0, 0.05) is 12.7 Å². The van der Waals surface area contributed by atoms with E-state index in [2.05, 4.69) is 49.0 Å². The molecule has 0 amide bonds. The lowest BCUT2D eigenvalue weighted by Crippen LogP contribution is -2.16. The third-order valence-corrected chi connectivity index (χ3v) is 3.36. The molecule has 0 N–H and O–H groups in total. The second-order valence-electron chi connectivity index (χ2n) is 5.28. The first kappa shape index (κ1) is 12.7. The molecule has 0 saturated carbocycles. The van der Waals surface area contributed by atoms with Crippen molar-refractivity contribution in [1.82, 2.24) is 4.98 Å². The van der Waals surface area contributed by atoms with Crippen molar-refractivity contribution >= 4 is 16.8 Å². The van der Waals surface area contributed by atoms with E-state index >= 15 is 0 Å². The first-order chi connectivity index (χ1) is 9.61. The van der Waals surface area contributed by atoms with Crippen LogP contribution < -0.4 is 4.90 Å². The second-order valence-corrected chi connectivity index (χ2v) is 5.28. The largest absolute Gasteiger partial charge is 0.439 e. The molecular weight excluding hydrogens is 248 g/mol. The summed E-state index contributed by atoms with van der Waals surface area (Å²) in [5.41, 5.74) is 5.48. The number of aryl methyl sites for hydroxylation is 2. The van der Waals surface area contributed by atoms with Gasteiger partial charge in [-0.2, -0.15) is 0 Å². The second kappa shape index (κ2) is 5.00. The average molecular weight is 266 g/mol. The van der Waals surface area contributed by atoms with E-state index in [1.807, 2.05) is 24.3 Å². The van der Waals surface area contributed by atoms with E-state index in [-0.39, 0.29) is 0 Å². The number of para-hydroxylation sites is 2. The summed E-state index contributed by atoms with van der Waals surface area (Å²) in [7, 11) is 2.06. The zero-order valence-electron chi connectivity index (χ0n) is 12.1. The first-order valence-corrected chi connectivity index (χ1v) is 6.76. The Bertz CT molecular complexity index is 692. The van der Waals surface area contributed by atoms with Gasteiger partial charge in [0.25, 0.3) is 0 Å². The van der Waals surface area contributed by atoms with Crippen molar-refractivity contribution in [2.24, 2.45) is 0 Å². The lowest BCUT2D eigenvalue weighted by Gasteiger charge is -2.18. The van der Waals surface area contributed by atoms with Crippen LogP contribution in [0.1, 0.15) is 17.0 Å². The Morgan fingerprint density at radius 2 is 1.75 bits per heavy atom. The maximum Gasteiger partial charge on any atom is 0.215 e. The molecule has 0 spiro atoms. The third-order valence-electron chi connectivity index (χ3n) is 3.36. The Balaban J connectivity index is 1.86. The Morgan fingerprint density at radius 3 is 2.45 bits per heavy atom. The quantitative estimate of drug-likeness (QED) is 0.715. The number of rotatable bonds is 3. The SMILES string of the molecule is Cc1cc(C)cc(N(C)Cc2nc3ccccc3o2)c1. The Labute approximate surface area is 118 Å². The summed E-state index contributed by atoms with van der Waals surface area (Å²) in [6, 6.07) is 14.4. The van der Waals surface area contributed by atoms with E-state index in [0.717, 1.165) is 17.0 Å². The number of aromatic nitrogens is 1. The molecule has 20 heavy (non-hydrogen) atoms. The van der Waals surface area contributed by atoms with Crippen LogP contribution in [0.4, 0.5) is 5.69 Å². The lowest BCUT2D eigenvalue weighted by molar-refractivity contribution is 0.527. The molecule has 2 aromatic carbocycles. The van der Waals surface area contributed by atoms with E-state index in [4.69, 9.17) is 4.42 Å². The number of hydrogen-bond donors (Lipinski definition) is 0. The summed E-state index contributed by atoms with van der Waals surface area (Å²) in [5.74, 6) is 0.743. The van der Waals surface area contributed by atoms with Gasteiger partial charge in [-0.15, -0.1) is 0 Å². The summed E-state index contributed by atoms with van der Waals surface area (Å²) < 4.78 is 5.77. The van der Waals surface area contributed by atoms with Crippen molar-refractivity contribution in [3.8, 4) is 0 Å². The number of hydrogen-bond acceptors (Lipinski definition) is 3. The summed E-state index contributed by atoms with van der Waals surface area (Å²) >= 11 is 0. The lowest BCUT2D eigenvalue weighted by atomic mass is 10.1. The van der Waals surface area contributed by atoms with Crippen molar-refractivity contribution < 1.29 is 4.42 Å². The summed E-state index contributed by atoms with van der Waals surface area (Å²) in [4.78, 5) is 6.67. The zero-order valence-corrected chi connectivity index (χ0v) is 12.1. The molecule has 1 aromatic heterocycles. The maximum atomic E-state index is 5.77.